The summed E-state index contributed by atoms with van der Waals surface area (Å²) in [7, 11) is 0. The fraction of sp³-hybridized carbons (Fsp3) is 0.522. The highest BCUT2D eigenvalue weighted by atomic mass is 16.2. The van der Waals surface area contributed by atoms with Crippen molar-refractivity contribution in [3.05, 3.63) is 42.0 Å². The lowest BCUT2D eigenvalue weighted by atomic mass is 9.95. The van der Waals surface area contributed by atoms with Crippen molar-refractivity contribution < 1.29 is 4.79 Å². The van der Waals surface area contributed by atoms with Crippen LogP contribution in [0.3, 0.4) is 0 Å². The Morgan fingerprint density at radius 2 is 1.69 bits per heavy atom. The minimum Gasteiger partial charge on any atom is -0.355 e. The number of benzene rings is 1. The average molecular weight is 394 g/mol. The van der Waals surface area contributed by atoms with Gasteiger partial charge in [0.05, 0.1) is 5.69 Å². The van der Waals surface area contributed by atoms with Gasteiger partial charge in [-0.3, -0.25) is 4.79 Å². The molecule has 6 nitrogen and oxygen atoms in total. The van der Waals surface area contributed by atoms with Gasteiger partial charge < -0.3 is 14.7 Å². The molecule has 1 aromatic carbocycles. The van der Waals surface area contributed by atoms with Crippen LogP contribution >= 0.6 is 0 Å². The Labute approximate surface area is 173 Å². The van der Waals surface area contributed by atoms with Crippen molar-refractivity contribution in [2.45, 2.75) is 26.7 Å². The van der Waals surface area contributed by atoms with E-state index in [1.54, 1.807) is 0 Å². The molecule has 154 valence electrons. The Morgan fingerprint density at radius 3 is 2.31 bits per heavy atom. The molecule has 2 aliphatic rings. The second-order valence-electron chi connectivity index (χ2n) is 8.11. The van der Waals surface area contributed by atoms with Gasteiger partial charge in [0.25, 0.3) is 0 Å². The second-order valence-corrected chi connectivity index (χ2v) is 8.11. The monoisotopic (exact) mass is 393 g/mol. The smallest absolute Gasteiger partial charge is 0.225 e. The second kappa shape index (κ2) is 8.91. The Hall–Kier alpha value is -2.47. The number of nitrogens with zero attached hydrogens (tertiary/aromatic N) is 5. The first-order chi connectivity index (χ1) is 14.2. The molecule has 0 radical (unpaired) electrons. The lowest BCUT2D eigenvalue weighted by Gasteiger charge is -2.38. The quantitative estimate of drug-likeness (QED) is 0.800. The van der Waals surface area contributed by atoms with Crippen LogP contribution in [0.4, 0.5) is 5.82 Å². The van der Waals surface area contributed by atoms with Gasteiger partial charge in [0.15, 0.2) is 5.82 Å². The molecule has 1 amide bonds. The molecule has 2 saturated heterocycles. The molecule has 0 saturated carbocycles. The fourth-order valence-electron chi connectivity index (χ4n) is 4.40. The van der Waals surface area contributed by atoms with Gasteiger partial charge in [0.1, 0.15) is 0 Å². The molecule has 2 aromatic rings. The van der Waals surface area contributed by atoms with Gasteiger partial charge in [-0.15, -0.1) is 10.2 Å². The van der Waals surface area contributed by atoms with E-state index in [1.807, 2.05) is 12.1 Å². The van der Waals surface area contributed by atoms with Gasteiger partial charge in [-0.2, -0.15) is 0 Å². The predicted octanol–water partition coefficient (Wildman–Crippen LogP) is 2.83. The van der Waals surface area contributed by atoms with E-state index in [1.165, 1.54) is 5.56 Å². The average Bonchev–Trinajstić information content (AvgIpc) is 2.79. The Kier molecular flexibility index (Phi) is 6.09. The summed E-state index contributed by atoms with van der Waals surface area (Å²) >= 11 is 0. The van der Waals surface area contributed by atoms with Crippen molar-refractivity contribution in [2.75, 3.05) is 50.7 Å². The van der Waals surface area contributed by atoms with Crippen LogP contribution in [0.15, 0.2) is 36.4 Å². The molecule has 2 aliphatic heterocycles. The van der Waals surface area contributed by atoms with E-state index in [9.17, 15) is 4.79 Å². The standard InChI is InChI=1S/C23H31N5O/c1-3-26-14-16-28(17-15-26)23(29)19-10-12-27(13-11-19)22-9-8-21(24-25-22)20-7-5-4-6-18(20)2/h4-9,19H,3,10-17H2,1-2H3. The zero-order valence-corrected chi connectivity index (χ0v) is 17.5. The topological polar surface area (TPSA) is 52.6 Å². The number of carbonyl (C=O) groups excluding carboxylic acids is 1. The molecule has 1 aromatic heterocycles. The van der Waals surface area contributed by atoms with Crippen LogP contribution in [-0.4, -0.2) is 71.7 Å². The maximum absolute atomic E-state index is 12.9. The van der Waals surface area contributed by atoms with E-state index >= 15 is 0 Å². The zero-order chi connectivity index (χ0) is 20.2. The number of carbonyl (C=O) groups is 1. The maximum atomic E-state index is 12.9. The van der Waals surface area contributed by atoms with Crippen LogP contribution in [0.2, 0.25) is 0 Å². The number of piperidine rings is 1. The van der Waals surface area contributed by atoms with E-state index < -0.39 is 0 Å². The van der Waals surface area contributed by atoms with Crippen LogP contribution in [0, 0.1) is 12.8 Å². The fourth-order valence-corrected chi connectivity index (χ4v) is 4.40. The number of amides is 1. The highest BCUT2D eigenvalue weighted by Crippen LogP contribution is 2.26. The summed E-state index contributed by atoms with van der Waals surface area (Å²) in [5.74, 6) is 1.41. The molecular weight excluding hydrogens is 362 g/mol. The van der Waals surface area contributed by atoms with Crippen molar-refractivity contribution in [3.63, 3.8) is 0 Å². The first kappa shape index (κ1) is 19.8. The number of piperazine rings is 1. The molecule has 0 unspecified atom stereocenters. The van der Waals surface area contributed by atoms with E-state index in [4.69, 9.17) is 0 Å². The SMILES string of the molecule is CCN1CCN(C(=O)C2CCN(c3ccc(-c4ccccc4C)nn3)CC2)CC1. The molecule has 3 heterocycles. The number of aryl methyl sites for hydroxylation is 1. The zero-order valence-electron chi connectivity index (χ0n) is 17.5. The van der Waals surface area contributed by atoms with Crippen LogP contribution in [0.5, 0.6) is 0 Å². The van der Waals surface area contributed by atoms with Crippen LogP contribution in [0.25, 0.3) is 11.3 Å². The number of anilines is 1. The molecule has 0 atom stereocenters. The summed E-state index contributed by atoms with van der Waals surface area (Å²) in [6.07, 6.45) is 1.79. The normalized spacial score (nSPS) is 18.8. The first-order valence-corrected chi connectivity index (χ1v) is 10.8. The van der Waals surface area contributed by atoms with Crippen LogP contribution in [0.1, 0.15) is 25.3 Å². The van der Waals surface area contributed by atoms with E-state index in [0.29, 0.717) is 5.91 Å². The third kappa shape index (κ3) is 4.42. The predicted molar refractivity (Wildman–Crippen MR) is 116 cm³/mol. The van der Waals surface area contributed by atoms with E-state index in [0.717, 1.165) is 75.7 Å². The molecule has 2 fully saturated rings. The lowest BCUT2D eigenvalue weighted by Crippen LogP contribution is -2.51. The lowest BCUT2D eigenvalue weighted by molar-refractivity contribution is -0.137. The Morgan fingerprint density at radius 1 is 0.966 bits per heavy atom. The van der Waals surface area contributed by atoms with Gasteiger partial charge in [-0.25, -0.2) is 0 Å². The van der Waals surface area contributed by atoms with Crippen molar-refractivity contribution in [1.82, 2.24) is 20.0 Å². The molecule has 6 heteroatoms. The van der Waals surface area contributed by atoms with E-state index in [-0.39, 0.29) is 5.92 Å². The maximum Gasteiger partial charge on any atom is 0.225 e. The van der Waals surface area contributed by atoms with Crippen molar-refractivity contribution in [2.24, 2.45) is 5.92 Å². The van der Waals surface area contributed by atoms with Crippen molar-refractivity contribution in [1.29, 1.82) is 0 Å². The number of hydrogen-bond donors (Lipinski definition) is 0. The minimum atomic E-state index is 0.152. The van der Waals surface area contributed by atoms with Crippen molar-refractivity contribution >= 4 is 11.7 Å². The van der Waals surface area contributed by atoms with Crippen LogP contribution < -0.4 is 4.90 Å². The van der Waals surface area contributed by atoms with E-state index in [2.05, 4.69) is 63.0 Å². The third-order valence-electron chi connectivity index (χ3n) is 6.37. The molecule has 0 bridgehead atoms. The number of aromatic nitrogens is 2. The number of hydrogen-bond acceptors (Lipinski definition) is 5. The van der Waals surface area contributed by atoms with Gasteiger partial charge >= 0.3 is 0 Å². The molecule has 0 N–H and O–H groups in total. The Balaban J connectivity index is 1.33. The highest BCUT2D eigenvalue weighted by molar-refractivity contribution is 5.79. The summed E-state index contributed by atoms with van der Waals surface area (Å²) in [5, 5.41) is 8.93. The summed E-state index contributed by atoms with van der Waals surface area (Å²) in [6.45, 7) is 10.8. The molecule has 0 spiro atoms. The van der Waals surface area contributed by atoms with Crippen molar-refractivity contribution in [3.8, 4) is 11.3 Å². The first-order valence-electron chi connectivity index (χ1n) is 10.8. The van der Waals surface area contributed by atoms with Gasteiger partial charge in [0.2, 0.25) is 5.91 Å². The molecule has 29 heavy (non-hydrogen) atoms. The number of likely N-dealkylation sites (N-methyl/N-ethyl adjacent to an activating group) is 1. The van der Waals surface area contributed by atoms with Gasteiger partial charge in [-0.05, 0) is 44.0 Å². The molecule has 0 aliphatic carbocycles. The highest BCUT2D eigenvalue weighted by Gasteiger charge is 2.30. The minimum absolute atomic E-state index is 0.152. The van der Waals surface area contributed by atoms with Gasteiger partial charge in [-0.1, -0.05) is 31.2 Å². The third-order valence-corrected chi connectivity index (χ3v) is 6.37. The summed E-state index contributed by atoms with van der Waals surface area (Å²) < 4.78 is 0. The summed E-state index contributed by atoms with van der Waals surface area (Å²) in [6, 6.07) is 12.3. The van der Waals surface area contributed by atoms with Gasteiger partial charge in [0, 0.05) is 50.7 Å². The molecular formula is C23H31N5O. The Bertz CT molecular complexity index is 821. The summed E-state index contributed by atoms with van der Waals surface area (Å²) in [4.78, 5) is 19.6. The molecule has 4 rings (SSSR count). The number of rotatable bonds is 4. The van der Waals surface area contributed by atoms with Crippen LogP contribution in [-0.2, 0) is 4.79 Å². The largest absolute Gasteiger partial charge is 0.355 e. The summed E-state index contributed by atoms with van der Waals surface area (Å²) in [5.41, 5.74) is 3.23.